The highest BCUT2D eigenvalue weighted by Crippen LogP contribution is 2.29. The average molecular weight is 447 g/mol. The van der Waals surface area contributed by atoms with E-state index in [0.717, 1.165) is 10.5 Å². The number of imide groups is 1. The highest BCUT2D eigenvalue weighted by Gasteiger charge is 2.46. The van der Waals surface area contributed by atoms with E-state index in [-0.39, 0.29) is 18.7 Å². The summed E-state index contributed by atoms with van der Waals surface area (Å²) < 4.78 is 18.7. The first-order valence-electron chi connectivity index (χ1n) is 10.3. The molecule has 168 valence electrons. The minimum absolute atomic E-state index is 0.114. The second kappa shape index (κ2) is 9.52. The maximum absolute atomic E-state index is 13.5. The monoisotopic (exact) mass is 447 g/mol. The number of nitrogens with one attached hydrogen (secondary N) is 1. The van der Waals surface area contributed by atoms with Gasteiger partial charge in [-0.2, -0.15) is 0 Å². The van der Waals surface area contributed by atoms with Gasteiger partial charge in [0.1, 0.15) is 17.6 Å². The maximum atomic E-state index is 13.5. The third kappa shape index (κ3) is 4.85. The Balaban J connectivity index is 1.60. The van der Waals surface area contributed by atoms with E-state index in [1.165, 1.54) is 23.1 Å². The van der Waals surface area contributed by atoms with Crippen molar-refractivity contribution in [3.05, 3.63) is 90.2 Å². The highest BCUT2D eigenvalue weighted by atomic mass is 19.1. The van der Waals surface area contributed by atoms with Gasteiger partial charge < -0.3 is 15.0 Å². The molecule has 0 saturated carbocycles. The van der Waals surface area contributed by atoms with Crippen LogP contribution in [0.4, 0.5) is 20.6 Å². The Morgan fingerprint density at radius 1 is 1.00 bits per heavy atom. The Bertz CT molecular complexity index is 1190. The number of para-hydroxylation sites is 1. The zero-order valence-corrected chi connectivity index (χ0v) is 17.9. The number of urea groups is 1. The van der Waals surface area contributed by atoms with Crippen molar-refractivity contribution in [1.82, 2.24) is 4.90 Å². The summed E-state index contributed by atoms with van der Waals surface area (Å²) >= 11 is 0. The van der Waals surface area contributed by atoms with Gasteiger partial charge in [0.2, 0.25) is 5.91 Å². The summed E-state index contributed by atoms with van der Waals surface area (Å²) in [6.45, 7) is 0.114. The van der Waals surface area contributed by atoms with Gasteiger partial charge in [-0.1, -0.05) is 36.4 Å². The van der Waals surface area contributed by atoms with Crippen molar-refractivity contribution in [3.8, 4) is 5.75 Å². The molecule has 0 radical (unpaired) electrons. The normalized spacial score (nSPS) is 15.6. The van der Waals surface area contributed by atoms with Crippen molar-refractivity contribution >= 4 is 29.2 Å². The maximum Gasteiger partial charge on any atom is 0.332 e. The van der Waals surface area contributed by atoms with Gasteiger partial charge in [0.15, 0.2) is 0 Å². The lowest BCUT2D eigenvalue weighted by Gasteiger charge is -2.22. The van der Waals surface area contributed by atoms with Crippen LogP contribution in [0.25, 0.3) is 0 Å². The van der Waals surface area contributed by atoms with Crippen LogP contribution < -0.4 is 15.0 Å². The lowest BCUT2D eigenvalue weighted by Crippen LogP contribution is -2.37. The number of amides is 4. The van der Waals surface area contributed by atoms with Crippen LogP contribution in [0.5, 0.6) is 5.75 Å². The Hall–Kier alpha value is -4.20. The molecule has 1 fully saturated rings. The van der Waals surface area contributed by atoms with E-state index < -0.39 is 29.7 Å². The molecular weight excluding hydrogens is 425 g/mol. The van der Waals surface area contributed by atoms with Crippen molar-refractivity contribution in [2.24, 2.45) is 0 Å². The Morgan fingerprint density at radius 3 is 2.48 bits per heavy atom. The van der Waals surface area contributed by atoms with Crippen LogP contribution in [0.2, 0.25) is 0 Å². The van der Waals surface area contributed by atoms with Crippen LogP contribution in [0, 0.1) is 5.82 Å². The van der Waals surface area contributed by atoms with Gasteiger partial charge in [0.05, 0.1) is 19.2 Å². The second-order valence-corrected chi connectivity index (χ2v) is 7.55. The molecule has 0 aliphatic carbocycles. The lowest BCUT2D eigenvalue weighted by atomic mass is 10.1. The zero-order chi connectivity index (χ0) is 23.4. The molecule has 7 nitrogen and oxygen atoms in total. The molecule has 1 aliphatic heterocycles. The van der Waals surface area contributed by atoms with Crippen molar-refractivity contribution in [2.75, 3.05) is 17.3 Å². The van der Waals surface area contributed by atoms with Crippen LogP contribution in [0.3, 0.4) is 0 Å². The number of hydrogen-bond acceptors (Lipinski definition) is 4. The van der Waals surface area contributed by atoms with Crippen molar-refractivity contribution in [2.45, 2.75) is 19.0 Å². The number of hydrogen-bond donors (Lipinski definition) is 1. The van der Waals surface area contributed by atoms with Crippen LogP contribution in [-0.2, 0) is 16.1 Å². The van der Waals surface area contributed by atoms with E-state index in [0.29, 0.717) is 11.4 Å². The molecule has 1 heterocycles. The van der Waals surface area contributed by atoms with E-state index >= 15 is 0 Å². The lowest BCUT2D eigenvalue weighted by molar-refractivity contribution is -0.124. The molecule has 1 aliphatic rings. The number of rotatable bonds is 7. The predicted molar refractivity (Wildman–Crippen MR) is 121 cm³/mol. The minimum Gasteiger partial charge on any atom is -0.497 e. The summed E-state index contributed by atoms with van der Waals surface area (Å²) in [5, 5.41) is 2.59. The summed E-state index contributed by atoms with van der Waals surface area (Å²) in [4.78, 5) is 41.7. The first-order valence-corrected chi connectivity index (χ1v) is 10.3. The van der Waals surface area contributed by atoms with Gasteiger partial charge in [0, 0.05) is 12.2 Å². The minimum atomic E-state index is -1.02. The number of benzene rings is 3. The molecule has 1 N–H and O–H groups in total. The van der Waals surface area contributed by atoms with E-state index in [1.54, 1.807) is 61.7 Å². The fourth-order valence-electron chi connectivity index (χ4n) is 3.75. The van der Waals surface area contributed by atoms with Crippen molar-refractivity contribution in [3.63, 3.8) is 0 Å². The Labute approximate surface area is 190 Å². The predicted octanol–water partition coefficient (Wildman–Crippen LogP) is 4.20. The number of anilines is 2. The van der Waals surface area contributed by atoms with Crippen molar-refractivity contribution < 1.29 is 23.5 Å². The number of methoxy groups -OCH3 is 1. The van der Waals surface area contributed by atoms with Gasteiger partial charge in [-0.3, -0.25) is 9.59 Å². The topological polar surface area (TPSA) is 79.0 Å². The van der Waals surface area contributed by atoms with Crippen LogP contribution in [-0.4, -0.2) is 35.9 Å². The van der Waals surface area contributed by atoms with E-state index in [9.17, 15) is 18.8 Å². The SMILES string of the molecule is COc1cccc(CN2C(=O)N(c3ccccc3)C(=O)[C@H]2CC(=O)Nc2cccc(F)c2)c1. The van der Waals surface area contributed by atoms with E-state index in [2.05, 4.69) is 5.32 Å². The third-order valence-corrected chi connectivity index (χ3v) is 5.31. The molecular formula is C25H22FN3O4. The molecule has 3 aromatic rings. The Kier molecular flexibility index (Phi) is 6.35. The van der Waals surface area contributed by atoms with E-state index in [4.69, 9.17) is 4.74 Å². The molecule has 4 rings (SSSR count). The Morgan fingerprint density at radius 2 is 1.76 bits per heavy atom. The number of halogens is 1. The fourth-order valence-corrected chi connectivity index (χ4v) is 3.75. The zero-order valence-electron chi connectivity index (χ0n) is 17.9. The number of nitrogens with zero attached hydrogens (tertiary/aromatic N) is 2. The number of carbonyl (C=O) groups is 3. The van der Waals surface area contributed by atoms with E-state index in [1.807, 2.05) is 6.07 Å². The first kappa shape index (κ1) is 22.0. The molecule has 1 saturated heterocycles. The van der Waals surface area contributed by atoms with Gasteiger partial charge in [0.25, 0.3) is 5.91 Å². The summed E-state index contributed by atoms with van der Waals surface area (Å²) in [6, 6.07) is 19.7. The van der Waals surface area contributed by atoms with Gasteiger partial charge in [-0.25, -0.2) is 14.1 Å². The molecule has 4 amide bonds. The van der Waals surface area contributed by atoms with Crippen molar-refractivity contribution in [1.29, 1.82) is 0 Å². The van der Waals surface area contributed by atoms with Gasteiger partial charge in [-0.15, -0.1) is 0 Å². The molecule has 8 heteroatoms. The average Bonchev–Trinajstić information content (AvgIpc) is 3.03. The molecule has 0 unspecified atom stereocenters. The summed E-state index contributed by atoms with van der Waals surface area (Å²) in [5.74, 6) is -0.874. The summed E-state index contributed by atoms with van der Waals surface area (Å²) in [7, 11) is 1.54. The smallest absolute Gasteiger partial charge is 0.332 e. The standard InChI is InChI=1S/C25H22FN3O4/c1-33-21-12-5-7-17(13-21)16-28-22(15-23(30)27-19-9-6-8-18(26)14-19)24(31)29(25(28)32)20-10-3-2-4-11-20/h2-14,22H,15-16H2,1H3,(H,27,30)/t22-/m1/s1. The second-order valence-electron chi connectivity index (χ2n) is 7.55. The molecule has 0 spiro atoms. The summed E-state index contributed by atoms with van der Waals surface area (Å²) in [6.07, 6.45) is -0.269. The first-order chi connectivity index (χ1) is 16.0. The van der Waals surface area contributed by atoms with Gasteiger partial charge >= 0.3 is 6.03 Å². The van der Waals surface area contributed by atoms with Crippen LogP contribution >= 0.6 is 0 Å². The molecule has 33 heavy (non-hydrogen) atoms. The number of ether oxygens (including phenoxy) is 1. The number of carbonyl (C=O) groups excluding carboxylic acids is 3. The molecule has 0 bridgehead atoms. The van der Waals surface area contributed by atoms with Crippen LogP contribution in [0.15, 0.2) is 78.9 Å². The third-order valence-electron chi connectivity index (χ3n) is 5.31. The van der Waals surface area contributed by atoms with Gasteiger partial charge in [-0.05, 0) is 48.0 Å². The summed E-state index contributed by atoms with van der Waals surface area (Å²) in [5.41, 5.74) is 1.45. The molecule has 1 atom stereocenters. The molecule has 3 aromatic carbocycles. The fraction of sp³-hybridized carbons (Fsp3) is 0.160. The quantitative estimate of drug-likeness (QED) is 0.551. The highest BCUT2D eigenvalue weighted by molar-refractivity contribution is 6.22. The molecule has 0 aromatic heterocycles. The van der Waals surface area contributed by atoms with Crippen LogP contribution in [0.1, 0.15) is 12.0 Å². The largest absolute Gasteiger partial charge is 0.497 e.